The van der Waals surface area contributed by atoms with E-state index in [1.54, 1.807) is 6.08 Å². The van der Waals surface area contributed by atoms with Gasteiger partial charge < -0.3 is 9.80 Å². The summed E-state index contributed by atoms with van der Waals surface area (Å²) < 4.78 is 0. The second-order valence-corrected chi connectivity index (χ2v) is 8.11. The number of carbonyl (C=O) groups excluding carboxylic acids is 1. The highest BCUT2D eigenvalue weighted by Gasteiger charge is 2.12. The van der Waals surface area contributed by atoms with Crippen molar-refractivity contribution in [3.63, 3.8) is 0 Å². The molecule has 0 unspecified atom stereocenters. The predicted octanol–water partition coefficient (Wildman–Crippen LogP) is 5.37. The average Bonchev–Trinajstić information content (AvgIpc) is 2.73. The van der Waals surface area contributed by atoms with Crippen LogP contribution in [0.4, 0.5) is 0 Å². The van der Waals surface area contributed by atoms with Crippen LogP contribution in [-0.4, -0.2) is 43.8 Å². The molecule has 3 heteroatoms. The molecule has 3 rings (SSSR count). The number of carbonyl (C=O) groups is 1. The van der Waals surface area contributed by atoms with Crippen molar-refractivity contribution in [2.75, 3.05) is 28.2 Å². The van der Waals surface area contributed by atoms with Crippen molar-refractivity contribution < 1.29 is 4.79 Å². The summed E-state index contributed by atoms with van der Waals surface area (Å²) in [6.45, 7) is 1.56. The molecule has 0 radical (unpaired) electrons. The smallest absolute Gasteiger partial charge is 0.186 e. The monoisotopic (exact) mass is 398 g/mol. The van der Waals surface area contributed by atoms with Crippen LogP contribution in [0.2, 0.25) is 0 Å². The molecule has 0 saturated heterocycles. The predicted molar refractivity (Wildman–Crippen MR) is 126 cm³/mol. The van der Waals surface area contributed by atoms with Gasteiger partial charge in [0.05, 0.1) is 0 Å². The van der Waals surface area contributed by atoms with E-state index < -0.39 is 0 Å². The molecular formula is C27H30N2O. The van der Waals surface area contributed by atoms with Crippen LogP contribution in [0.25, 0.3) is 17.2 Å². The van der Waals surface area contributed by atoms with Crippen molar-refractivity contribution in [3.05, 3.63) is 101 Å². The molecular weight excluding hydrogens is 368 g/mol. The Balaban J connectivity index is 1.95. The zero-order chi connectivity index (χ0) is 21.5. The lowest BCUT2D eigenvalue weighted by Crippen LogP contribution is -2.14. The Hall–Kier alpha value is -3.01. The molecule has 0 heterocycles. The van der Waals surface area contributed by atoms with Gasteiger partial charge in [-0.1, -0.05) is 72.8 Å². The Kier molecular flexibility index (Phi) is 7.34. The Morgan fingerprint density at radius 3 is 2.07 bits per heavy atom. The molecule has 0 aliphatic rings. The Labute approximate surface area is 180 Å². The molecule has 0 aliphatic carbocycles. The molecule has 30 heavy (non-hydrogen) atoms. The number of hydrogen-bond donors (Lipinski definition) is 0. The molecule has 0 bridgehead atoms. The summed E-state index contributed by atoms with van der Waals surface area (Å²) in [5.41, 5.74) is 6.25. The fraction of sp³-hybridized carbons (Fsp3) is 0.222. The molecule has 3 aromatic rings. The van der Waals surface area contributed by atoms with Gasteiger partial charge in [-0.25, -0.2) is 0 Å². The second kappa shape index (κ2) is 10.1. The van der Waals surface area contributed by atoms with Crippen molar-refractivity contribution in [1.82, 2.24) is 9.80 Å². The summed E-state index contributed by atoms with van der Waals surface area (Å²) in [5, 5.41) is 0. The van der Waals surface area contributed by atoms with Crippen molar-refractivity contribution in [2.24, 2.45) is 0 Å². The van der Waals surface area contributed by atoms with Gasteiger partial charge in [0.25, 0.3) is 0 Å². The van der Waals surface area contributed by atoms with Crippen molar-refractivity contribution in [1.29, 1.82) is 0 Å². The zero-order valence-electron chi connectivity index (χ0n) is 18.3. The number of hydrogen-bond acceptors (Lipinski definition) is 3. The topological polar surface area (TPSA) is 23.6 Å². The molecule has 3 aromatic carbocycles. The van der Waals surface area contributed by atoms with E-state index in [0.29, 0.717) is 0 Å². The normalized spacial score (nSPS) is 11.5. The molecule has 0 atom stereocenters. The van der Waals surface area contributed by atoms with E-state index in [1.165, 1.54) is 5.56 Å². The number of benzene rings is 3. The lowest BCUT2D eigenvalue weighted by molar-refractivity contribution is 0.104. The first-order valence-corrected chi connectivity index (χ1v) is 10.2. The van der Waals surface area contributed by atoms with E-state index in [0.717, 1.165) is 40.9 Å². The summed E-state index contributed by atoms with van der Waals surface area (Å²) >= 11 is 0. The molecule has 0 saturated carbocycles. The summed E-state index contributed by atoms with van der Waals surface area (Å²) in [7, 11) is 8.14. The van der Waals surface area contributed by atoms with Crippen LogP contribution < -0.4 is 0 Å². The maximum Gasteiger partial charge on any atom is 0.186 e. The molecule has 3 nitrogen and oxygen atoms in total. The maximum absolute atomic E-state index is 13.2. The van der Waals surface area contributed by atoms with E-state index >= 15 is 0 Å². The fourth-order valence-electron chi connectivity index (χ4n) is 3.53. The first-order valence-electron chi connectivity index (χ1n) is 10.2. The van der Waals surface area contributed by atoms with Gasteiger partial charge in [-0.3, -0.25) is 4.79 Å². The van der Waals surface area contributed by atoms with E-state index in [2.05, 4.69) is 46.2 Å². The number of ketones is 1. The lowest BCUT2D eigenvalue weighted by atomic mass is 9.95. The van der Waals surface area contributed by atoms with Crippen LogP contribution in [0.15, 0.2) is 78.9 Å². The fourth-order valence-corrected chi connectivity index (χ4v) is 3.53. The third-order valence-corrected chi connectivity index (χ3v) is 4.92. The van der Waals surface area contributed by atoms with Crippen LogP contribution in [0, 0.1) is 0 Å². The third-order valence-electron chi connectivity index (χ3n) is 4.92. The van der Waals surface area contributed by atoms with Gasteiger partial charge in [0.15, 0.2) is 5.78 Å². The molecule has 0 fully saturated rings. The van der Waals surface area contributed by atoms with Gasteiger partial charge in [0.2, 0.25) is 0 Å². The Morgan fingerprint density at radius 2 is 1.37 bits per heavy atom. The van der Waals surface area contributed by atoms with Crippen molar-refractivity contribution >= 4 is 11.9 Å². The standard InChI is InChI=1S/C27H30N2O/c1-28(2)19-24-13-9-8-12-22(24)16-17-27(30)26-18-23(21-10-6-5-7-11-21)14-15-25(26)20-29(3)4/h5-18H,19-20H2,1-4H3/b17-16+. The van der Waals surface area contributed by atoms with E-state index in [9.17, 15) is 4.79 Å². The largest absolute Gasteiger partial charge is 0.305 e. The van der Waals surface area contributed by atoms with Crippen LogP contribution in [0.3, 0.4) is 0 Å². The van der Waals surface area contributed by atoms with Crippen molar-refractivity contribution in [3.8, 4) is 11.1 Å². The first-order chi connectivity index (χ1) is 14.4. The van der Waals surface area contributed by atoms with Gasteiger partial charge in [-0.2, -0.15) is 0 Å². The van der Waals surface area contributed by atoms with Gasteiger partial charge >= 0.3 is 0 Å². The van der Waals surface area contributed by atoms with Crippen LogP contribution in [0.1, 0.15) is 27.0 Å². The highest BCUT2D eigenvalue weighted by Crippen LogP contribution is 2.24. The highest BCUT2D eigenvalue weighted by molar-refractivity contribution is 6.08. The minimum atomic E-state index is 0.0317. The third kappa shape index (κ3) is 5.76. The molecule has 0 aromatic heterocycles. The van der Waals surface area contributed by atoms with E-state index in [-0.39, 0.29) is 5.78 Å². The van der Waals surface area contributed by atoms with Gasteiger partial charge in [0.1, 0.15) is 0 Å². The molecule has 0 N–H and O–H groups in total. The number of allylic oxidation sites excluding steroid dienone is 1. The highest BCUT2D eigenvalue weighted by atomic mass is 16.1. The summed E-state index contributed by atoms with van der Waals surface area (Å²) in [6, 6.07) is 24.6. The minimum Gasteiger partial charge on any atom is -0.305 e. The van der Waals surface area contributed by atoms with Gasteiger partial charge in [0, 0.05) is 18.7 Å². The Bertz CT molecular complexity index is 1020. The minimum absolute atomic E-state index is 0.0317. The number of rotatable bonds is 8. The van der Waals surface area contributed by atoms with Gasteiger partial charge in [-0.15, -0.1) is 0 Å². The zero-order valence-corrected chi connectivity index (χ0v) is 18.3. The summed E-state index contributed by atoms with van der Waals surface area (Å²) in [4.78, 5) is 17.4. The second-order valence-electron chi connectivity index (χ2n) is 8.11. The number of nitrogens with zero attached hydrogens (tertiary/aromatic N) is 2. The van der Waals surface area contributed by atoms with Crippen LogP contribution in [-0.2, 0) is 13.1 Å². The maximum atomic E-state index is 13.2. The van der Waals surface area contributed by atoms with Crippen LogP contribution >= 0.6 is 0 Å². The first kappa shape index (κ1) is 21.7. The molecule has 0 aliphatic heterocycles. The molecule has 0 amide bonds. The quantitative estimate of drug-likeness (QED) is 0.376. The SMILES string of the molecule is CN(C)Cc1ccccc1/C=C/C(=O)c1cc(-c2ccccc2)ccc1CN(C)C. The van der Waals surface area contributed by atoms with Gasteiger partial charge in [-0.05, 0) is 68.2 Å². The average molecular weight is 399 g/mol. The van der Waals surface area contributed by atoms with E-state index in [1.807, 2.05) is 70.7 Å². The van der Waals surface area contributed by atoms with Crippen molar-refractivity contribution in [2.45, 2.75) is 13.1 Å². The Morgan fingerprint density at radius 1 is 0.733 bits per heavy atom. The van der Waals surface area contributed by atoms with Crippen LogP contribution in [0.5, 0.6) is 0 Å². The van der Waals surface area contributed by atoms with E-state index in [4.69, 9.17) is 0 Å². The summed E-state index contributed by atoms with van der Waals surface area (Å²) in [5.74, 6) is 0.0317. The molecule has 0 spiro atoms. The summed E-state index contributed by atoms with van der Waals surface area (Å²) in [6.07, 6.45) is 3.65. The molecule has 154 valence electrons. The lowest BCUT2D eigenvalue weighted by Gasteiger charge is -2.15.